The summed E-state index contributed by atoms with van der Waals surface area (Å²) in [5, 5.41) is 7.72. The lowest BCUT2D eigenvalue weighted by Gasteiger charge is -2.13. The van der Waals surface area contributed by atoms with Gasteiger partial charge in [0.1, 0.15) is 0 Å². The first-order chi connectivity index (χ1) is 9.28. The number of nitrogen functional groups attached to an aromatic ring is 1. The smallest absolute Gasteiger partial charge is 0.0394 e. The second-order valence-electron chi connectivity index (χ2n) is 5.20. The molecule has 0 saturated heterocycles. The largest absolute Gasteiger partial charge is 0.398 e. The van der Waals surface area contributed by atoms with Crippen LogP contribution in [0.3, 0.4) is 0 Å². The lowest BCUT2D eigenvalue weighted by Crippen LogP contribution is -1.91. The third-order valence-electron chi connectivity index (χ3n) is 4.10. The van der Waals surface area contributed by atoms with Gasteiger partial charge in [-0.1, -0.05) is 49.4 Å². The maximum absolute atomic E-state index is 6.12. The van der Waals surface area contributed by atoms with Gasteiger partial charge in [-0.25, -0.2) is 0 Å². The Morgan fingerprint density at radius 3 is 2.16 bits per heavy atom. The van der Waals surface area contributed by atoms with Crippen molar-refractivity contribution in [3.63, 3.8) is 0 Å². The van der Waals surface area contributed by atoms with Crippen LogP contribution in [0.1, 0.15) is 12.5 Å². The molecule has 1 heteroatoms. The maximum atomic E-state index is 6.12. The Balaban J connectivity index is 2.34. The molecule has 92 valence electrons. The Bertz CT molecular complexity index is 887. The van der Waals surface area contributed by atoms with Crippen LogP contribution < -0.4 is 5.73 Å². The standard InChI is InChI=1S/C18H15N/c1-2-11-9-13-4-3-12-6-8-16(19)15-7-5-14(10-11)17(13)18(12)15/h3-10H,2,19H2,1H3. The molecule has 0 saturated carbocycles. The van der Waals surface area contributed by atoms with E-state index >= 15 is 0 Å². The molecule has 19 heavy (non-hydrogen) atoms. The maximum Gasteiger partial charge on any atom is 0.0394 e. The SMILES string of the molecule is CCc1cc2ccc3ccc(N)c4ccc(c1)c2c34. The van der Waals surface area contributed by atoms with Gasteiger partial charge in [-0.15, -0.1) is 0 Å². The summed E-state index contributed by atoms with van der Waals surface area (Å²) in [6, 6.07) is 17.5. The molecule has 0 unspecified atom stereocenters. The molecule has 0 fully saturated rings. The van der Waals surface area contributed by atoms with Crippen LogP contribution in [0.2, 0.25) is 0 Å². The molecule has 0 aromatic heterocycles. The fraction of sp³-hybridized carbons (Fsp3) is 0.111. The Kier molecular flexibility index (Phi) is 2.02. The average molecular weight is 245 g/mol. The van der Waals surface area contributed by atoms with E-state index < -0.39 is 0 Å². The molecule has 0 atom stereocenters. The van der Waals surface area contributed by atoms with E-state index in [0.717, 1.165) is 12.1 Å². The second kappa shape index (κ2) is 3.61. The topological polar surface area (TPSA) is 26.0 Å². The quantitative estimate of drug-likeness (QED) is 0.381. The third kappa shape index (κ3) is 1.36. The number of benzene rings is 4. The van der Waals surface area contributed by atoms with Gasteiger partial charge in [0.2, 0.25) is 0 Å². The normalized spacial score (nSPS) is 11.8. The number of rotatable bonds is 1. The predicted octanol–water partition coefficient (Wildman–Crippen LogP) is 4.73. The van der Waals surface area contributed by atoms with E-state index in [2.05, 4.69) is 49.4 Å². The highest BCUT2D eigenvalue weighted by molar-refractivity contribution is 6.25. The summed E-state index contributed by atoms with van der Waals surface area (Å²) in [5.41, 5.74) is 8.37. The Labute approximate surface area is 112 Å². The van der Waals surface area contributed by atoms with Crippen LogP contribution in [0, 0.1) is 0 Å². The first-order valence-corrected chi connectivity index (χ1v) is 6.74. The summed E-state index contributed by atoms with van der Waals surface area (Å²) in [6.07, 6.45) is 1.07. The molecule has 2 N–H and O–H groups in total. The van der Waals surface area contributed by atoms with E-state index in [0.29, 0.717) is 0 Å². The highest BCUT2D eigenvalue weighted by Crippen LogP contribution is 2.37. The van der Waals surface area contributed by atoms with Crippen molar-refractivity contribution < 1.29 is 0 Å². The summed E-state index contributed by atoms with van der Waals surface area (Å²) < 4.78 is 0. The summed E-state index contributed by atoms with van der Waals surface area (Å²) in [4.78, 5) is 0. The minimum absolute atomic E-state index is 0.862. The molecule has 0 heterocycles. The van der Waals surface area contributed by atoms with Crippen molar-refractivity contribution >= 4 is 38.0 Å². The summed E-state index contributed by atoms with van der Waals surface area (Å²) in [5.74, 6) is 0. The molecular formula is C18H15N. The van der Waals surface area contributed by atoms with Crippen LogP contribution in [0.4, 0.5) is 5.69 Å². The van der Waals surface area contributed by atoms with Crippen LogP contribution in [0.15, 0.2) is 48.5 Å². The van der Waals surface area contributed by atoms with E-state index in [4.69, 9.17) is 5.73 Å². The predicted molar refractivity (Wildman–Crippen MR) is 83.9 cm³/mol. The molecule has 4 rings (SSSR count). The lowest BCUT2D eigenvalue weighted by atomic mass is 9.92. The molecule has 4 aromatic carbocycles. The van der Waals surface area contributed by atoms with E-state index in [-0.39, 0.29) is 0 Å². The van der Waals surface area contributed by atoms with Gasteiger partial charge in [-0.3, -0.25) is 0 Å². The van der Waals surface area contributed by atoms with Crippen molar-refractivity contribution in [1.82, 2.24) is 0 Å². The monoisotopic (exact) mass is 245 g/mol. The minimum Gasteiger partial charge on any atom is -0.398 e. The number of nitrogens with two attached hydrogens (primary N) is 1. The Morgan fingerprint density at radius 2 is 1.42 bits per heavy atom. The van der Waals surface area contributed by atoms with Gasteiger partial charge >= 0.3 is 0 Å². The molecule has 0 spiro atoms. The van der Waals surface area contributed by atoms with E-state index in [1.165, 1.54) is 37.9 Å². The first kappa shape index (κ1) is 10.6. The van der Waals surface area contributed by atoms with Crippen LogP contribution in [0.25, 0.3) is 32.3 Å². The van der Waals surface area contributed by atoms with Crippen molar-refractivity contribution in [2.45, 2.75) is 13.3 Å². The molecule has 0 amide bonds. The van der Waals surface area contributed by atoms with Gasteiger partial charge in [0.05, 0.1) is 0 Å². The summed E-state index contributed by atoms with van der Waals surface area (Å²) in [7, 11) is 0. The summed E-state index contributed by atoms with van der Waals surface area (Å²) >= 11 is 0. The van der Waals surface area contributed by atoms with Crippen LogP contribution >= 0.6 is 0 Å². The lowest BCUT2D eigenvalue weighted by molar-refractivity contribution is 1.15. The van der Waals surface area contributed by atoms with Crippen LogP contribution in [-0.4, -0.2) is 0 Å². The van der Waals surface area contributed by atoms with Gasteiger partial charge in [-0.2, -0.15) is 0 Å². The number of aryl methyl sites for hydroxylation is 1. The molecule has 0 bridgehead atoms. The Hall–Kier alpha value is -2.28. The zero-order chi connectivity index (χ0) is 13.0. The molecule has 0 radical (unpaired) electrons. The zero-order valence-corrected chi connectivity index (χ0v) is 10.9. The highest BCUT2D eigenvalue weighted by Gasteiger charge is 2.10. The van der Waals surface area contributed by atoms with Crippen molar-refractivity contribution in [2.75, 3.05) is 5.73 Å². The van der Waals surface area contributed by atoms with Gasteiger partial charge in [-0.05, 0) is 45.0 Å². The van der Waals surface area contributed by atoms with Gasteiger partial charge in [0.25, 0.3) is 0 Å². The van der Waals surface area contributed by atoms with Crippen LogP contribution in [0.5, 0.6) is 0 Å². The molecular weight excluding hydrogens is 230 g/mol. The van der Waals surface area contributed by atoms with Crippen molar-refractivity contribution in [2.24, 2.45) is 0 Å². The number of anilines is 1. The number of hydrogen-bond acceptors (Lipinski definition) is 1. The fourth-order valence-corrected chi connectivity index (χ4v) is 3.11. The van der Waals surface area contributed by atoms with Crippen molar-refractivity contribution in [3.8, 4) is 0 Å². The fourth-order valence-electron chi connectivity index (χ4n) is 3.11. The van der Waals surface area contributed by atoms with Gasteiger partial charge < -0.3 is 5.73 Å². The van der Waals surface area contributed by atoms with Crippen molar-refractivity contribution in [3.05, 3.63) is 54.1 Å². The van der Waals surface area contributed by atoms with Crippen LogP contribution in [-0.2, 0) is 6.42 Å². The minimum atomic E-state index is 0.862. The average Bonchev–Trinajstić information content (AvgIpc) is 2.46. The van der Waals surface area contributed by atoms with E-state index in [9.17, 15) is 0 Å². The molecule has 0 aliphatic carbocycles. The van der Waals surface area contributed by atoms with E-state index in [1.54, 1.807) is 0 Å². The van der Waals surface area contributed by atoms with E-state index in [1.807, 2.05) is 6.07 Å². The molecule has 1 nitrogen and oxygen atoms in total. The molecule has 4 aromatic rings. The van der Waals surface area contributed by atoms with Crippen molar-refractivity contribution in [1.29, 1.82) is 0 Å². The van der Waals surface area contributed by atoms with Gasteiger partial charge in [0, 0.05) is 11.1 Å². The summed E-state index contributed by atoms with van der Waals surface area (Å²) in [6.45, 7) is 2.20. The second-order valence-corrected chi connectivity index (χ2v) is 5.20. The third-order valence-corrected chi connectivity index (χ3v) is 4.10. The Morgan fingerprint density at radius 1 is 0.789 bits per heavy atom. The first-order valence-electron chi connectivity index (χ1n) is 6.74. The zero-order valence-electron chi connectivity index (χ0n) is 10.9. The number of hydrogen-bond donors (Lipinski definition) is 1. The highest BCUT2D eigenvalue weighted by atomic mass is 14.5. The molecule has 0 aliphatic heterocycles. The van der Waals surface area contributed by atoms with Gasteiger partial charge in [0.15, 0.2) is 0 Å². The molecule has 0 aliphatic rings.